The number of hydrogen-bond donors (Lipinski definition) is 0. The van der Waals surface area contributed by atoms with E-state index in [0.29, 0.717) is 25.0 Å². The molecule has 0 amide bonds. The van der Waals surface area contributed by atoms with Crippen LogP contribution in [0, 0.1) is 6.92 Å². The van der Waals surface area contributed by atoms with E-state index in [1.807, 2.05) is 24.0 Å². The molecule has 0 N–H and O–H groups in total. The van der Waals surface area contributed by atoms with E-state index in [9.17, 15) is 18.0 Å². The highest BCUT2D eigenvalue weighted by molar-refractivity contribution is 6.33. The van der Waals surface area contributed by atoms with Crippen LogP contribution in [0.25, 0.3) is 5.82 Å². The fraction of sp³-hybridized carbons (Fsp3) is 0.348. The van der Waals surface area contributed by atoms with Crippen LogP contribution in [0.1, 0.15) is 16.7 Å². The Hall–Kier alpha value is -3.11. The maximum absolute atomic E-state index is 12.8. The summed E-state index contributed by atoms with van der Waals surface area (Å²) in [4.78, 5) is 20.8. The average molecular weight is 494 g/mol. The first-order valence-electron chi connectivity index (χ1n) is 10.6. The smallest absolute Gasteiger partial charge is 0.417 e. The van der Waals surface area contributed by atoms with E-state index >= 15 is 0 Å². The standard InChI is InChI=1S/C23H23ClF3N5O2/c1-15-3-5-19(34-2)16(11-15)14-30-7-9-31(10-8-30)18-13-29-32(22(33)21(18)24)20-6-4-17(12-28-20)23(25,26)27/h3-6,11-13H,7-10,14H2,1-2H3. The van der Waals surface area contributed by atoms with Gasteiger partial charge in [0.1, 0.15) is 10.8 Å². The lowest BCUT2D eigenvalue weighted by molar-refractivity contribution is -0.137. The van der Waals surface area contributed by atoms with E-state index in [-0.39, 0.29) is 10.8 Å². The number of aryl methyl sites for hydroxylation is 1. The van der Waals surface area contributed by atoms with Crippen LogP contribution >= 0.6 is 11.6 Å². The first-order valence-corrected chi connectivity index (χ1v) is 11.0. The lowest BCUT2D eigenvalue weighted by Crippen LogP contribution is -2.46. The SMILES string of the molecule is COc1ccc(C)cc1CN1CCN(c2cnn(-c3ccc(C(F)(F)F)cn3)c(=O)c2Cl)CC1. The minimum absolute atomic E-state index is 0.0385. The van der Waals surface area contributed by atoms with Gasteiger partial charge in [-0.25, -0.2) is 4.98 Å². The van der Waals surface area contributed by atoms with Gasteiger partial charge < -0.3 is 9.64 Å². The van der Waals surface area contributed by atoms with Crippen LogP contribution in [-0.4, -0.2) is 53.0 Å². The first kappa shape index (κ1) is 24.0. The fourth-order valence-electron chi connectivity index (χ4n) is 3.91. The van der Waals surface area contributed by atoms with Crippen molar-refractivity contribution >= 4 is 17.3 Å². The Morgan fingerprint density at radius 2 is 1.82 bits per heavy atom. The molecule has 3 heterocycles. The fourth-order valence-corrected chi connectivity index (χ4v) is 4.15. The molecule has 0 bridgehead atoms. The number of ether oxygens (including phenoxy) is 1. The highest BCUT2D eigenvalue weighted by atomic mass is 35.5. The number of methoxy groups -OCH3 is 1. The number of anilines is 1. The van der Waals surface area contributed by atoms with Crippen molar-refractivity contribution in [2.75, 3.05) is 38.2 Å². The highest BCUT2D eigenvalue weighted by Gasteiger charge is 2.31. The van der Waals surface area contributed by atoms with Gasteiger partial charge in [0, 0.05) is 44.5 Å². The highest BCUT2D eigenvalue weighted by Crippen LogP contribution is 2.29. The second-order valence-electron chi connectivity index (χ2n) is 8.04. The molecule has 0 radical (unpaired) electrons. The van der Waals surface area contributed by atoms with Crippen LogP contribution in [0.4, 0.5) is 18.9 Å². The second-order valence-corrected chi connectivity index (χ2v) is 8.42. The molecule has 4 rings (SSSR count). The van der Waals surface area contributed by atoms with Gasteiger partial charge in [0.05, 0.1) is 24.6 Å². The molecule has 0 spiro atoms. The number of halogens is 4. The number of piperazine rings is 1. The van der Waals surface area contributed by atoms with Gasteiger partial charge in [-0.3, -0.25) is 9.69 Å². The molecule has 0 unspecified atom stereocenters. The van der Waals surface area contributed by atoms with Crippen LogP contribution in [0.5, 0.6) is 5.75 Å². The number of nitrogens with zero attached hydrogens (tertiary/aromatic N) is 5. The zero-order valence-corrected chi connectivity index (χ0v) is 19.4. The van der Waals surface area contributed by atoms with Crippen molar-refractivity contribution in [3.05, 3.63) is 74.8 Å². The molecular weight excluding hydrogens is 471 g/mol. The summed E-state index contributed by atoms with van der Waals surface area (Å²) >= 11 is 6.36. The van der Waals surface area contributed by atoms with E-state index < -0.39 is 17.3 Å². The molecule has 11 heteroatoms. The van der Waals surface area contributed by atoms with Crippen molar-refractivity contribution in [2.24, 2.45) is 0 Å². The molecule has 1 aromatic carbocycles. The van der Waals surface area contributed by atoms with Gasteiger partial charge in [0.2, 0.25) is 0 Å². The zero-order chi connectivity index (χ0) is 24.5. The summed E-state index contributed by atoms with van der Waals surface area (Å²) in [6.07, 6.45) is -2.41. The minimum atomic E-state index is -4.52. The Balaban J connectivity index is 1.46. The largest absolute Gasteiger partial charge is 0.496 e. The summed E-state index contributed by atoms with van der Waals surface area (Å²) in [6, 6.07) is 8.03. The maximum Gasteiger partial charge on any atom is 0.417 e. The predicted octanol–water partition coefficient (Wildman–Crippen LogP) is 3.94. The van der Waals surface area contributed by atoms with Crippen molar-refractivity contribution < 1.29 is 17.9 Å². The molecule has 1 saturated heterocycles. The molecule has 2 aromatic heterocycles. The van der Waals surface area contributed by atoms with Gasteiger partial charge in [-0.2, -0.15) is 23.0 Å². The molecule has 180 valence electrons. The topological polar surface area (TPSA) is 63.5 Å². The monoisotopic (exact) mass is 493 g/mol. The van der Waals surface area contributed by atoms with Gasteiger partial charge in [0.15, 0.2) is 5.82 Å². The van der Waals surface area contributed by atoms with E-state index in [4.69, 9.17) is 16.3 Å². The van der Waals surface area contributed by atoms with Gasteiger partial charge in [0.25, 0.3) is 5.56 Å². The maximum atomic E-state index is 12.8. The second kappa shape index (κ2) is 9.63. The van der Waals surface area contributed by atoms with Crippen molar-refractivity contribution in [3.63, 3.8) is 0 Å². The number of alkyl halides is 3. The molecule has 1 aliphatic rings. The lowest BCUT2D eigenvalue weighted by atomic mass is 10.1. The van der Waals surface area contributed by atoms with E-state index in [2.05, 4.69) is 21.0 Å². The Morgan fingerprint density at radius 1 is 1.09 bits per heavy atom. The summed E-state index contributed by atoms with van der Waals surface area (Å²) in [5, 5.41) is 4.05. The van der Waals surface area contributed by atoms with Gasteiger partial charge >= 0.3 is 6.18 Å². The summed E-state index contributed by atoms with van der Waals surface area (Å²) in [7, 11) is 1.66. The van der Waals surface area contributed by atoms with Gasteiger partial charge in [-0.1, -0.05) is 29.3 Å². The van der Waals surface area contributed by atoms with Gasteiger partial charge in [-0.05, 0) is 25.1 Å². The molecule has 0 saturated carbocycles. The van der Waals surface area contributed by atoms with E-state index in [1.54, 1.807) is 7.11 Å². The Morgan fingerprint density at radius 3 is 2.44 bits per heavy atom. The Bertz CT molecular complexity index is 1220. The zero-order valence-electron chi connectivity index (χ0n) is 18.6. The van der Waals surface area contributed by atoms with Crippen LogP contribution in [0.15, 0.2) is 47.5 Å². The number of aromatic nitrogens is 3. The molecule has 1 aliphatic heterocycles. The Labute approximate surface area is 199 Å². The average Bonchev–Trinajstić information content (AvgIpc) is 2.81. The summed E-state index contributed by atoms with van der Waals surface area (Å²) in [6.45, 7) is 5.55. The molecule has 7 nitrogen and oxygen atoms in total. The summed E-state index contributed by atoms with van der Waals surface area (Å²) < 4.78 is 44.7. The van der Waals surface area contributed by atoms with Gasteiger partial charge in [-0.15, -0.1) is 0 Å². The van der Waals surface area contributed by atoms with Crippen LogP contribution in [0.2, 0.25) is 5.02 Å². The third kappa shape index (κ3) is 5.02. The van der Waals surface area contributed by atoms with E-state index in [0.717, 1.165) is 53.3 Å². The number of benzene rings is 1. The summed E-state index contributed by atoms with van der Waals surface area (Å²) in [5.41, 5.74) is 1.21. The van der Waals surface area contributed by atoms with Crippen LogP contribution in [0.3, 0.4) is 0 Å². The number of rotatable bonds is 5. The van der Waals surface area contributed by atoms with Crippen LogP contribution in [-0.2, 0) is 12.7 Å². The lowest BCUT2D eigenvalue weighted by Gasteiger charge is -2.36. The predicted molar refractivity (Wildman–Crippen MR) is 123 cm³/mol. The molecule has 0 atom stereocenters. The van der Waals surface area contributed by atoms with E-state index in [1.165, 1.54) is 6.20 Å². The third-order valence-corrected chi connectivity index (χ3v) is 6.09. The molecule has 34 heavy (non-hydrogen) atoms. The first-order chi connectivity index (χ1) is 16.2. The van der Waals surface area contributed by atoms with Crippen molar-refractivity contribution in [2.45, 2.75) is 19.6 Å². The molecule has 0 aliphatic carbocycles. The number of pyridine rings is 1. The van der Waals surface area contributed by atoms with Crippen molar-refractivity contribution in [1.82, 2.24) is 19.7 Å². The van der Waals surface area contributed by atoms with Crippen molar-refractivity contribution in [1.29, 1.82) is 0 Å². The molecular formula is C23H23ClF3N5O2. The molecule has 1 fully saturated rings. The molecule has 3 aromatic rings. The summed E-state index contributed by atoms with van der Waals surface area (Å²) in [5.74, 6) is 0.809. The van der Waals surface area contributed by atoms with Crippen LogP contribution < -0.4 is 15.2 Å². The minimum Gasteiger partial charge on any atom is -0.496 e. The Kier molecular flexibility index (Phi) is 6.81. The normalized spacial score (nSPS) is 14.9. The number of hydrogen-bond acceptors (Lipinski definition) is 6. The van der Waals surface area contributed by atoms with Crippen molar-refractivity contribution in [3.8, 4) is 11.6 Å². The third-order valence-electron chi connectivity index (χ3n) is 5.74. The quantitative estimate of drug-likeness (QED) is 0.536.